The van der Waals surface area contributed by atoms with Gasteiger partial charge in [0.25, 0.3) is 15.9 Å². The van der Waals surface area contributed by atoms with Crippen molar-refractivity contribution in [3.63, 3.8) is 0 Å². The zero-order valence-electron chi connectivity index (χ0n) is 20.1. The molecule has 1 atom stereocenters. The molecule has 0 fully saturated rings. The number of hydrogen-bond acceptors (Lipinski definition) is 4. The Kier molecular flexibility index (Phi) is 6.16. The Balaban J connectivity index is 1.75. The van der Waals surface area contributed by atoms with Crippen LogP contribution in [-0.2, 0) is 20.2 Å². The molecule has 1 aliphatic rings. The van der Waals surface area contributed by atoms with Gasteiger partial charge in [-0.3, -0.25) is 9.10 Å². The summed E-state index contributed by atoms with van der Waals surface area (Å²) in [5, 5.41) is 2.91. The van der Waals surface area contributed by atoms with Gasteiger partial charge in [-0.1, -0.05) is 57.2 Å². The van der Waals surface area contributed by atoms with E-state index in [-0.39, 0.29) is 16.9 Å². The summed E-state index contributed by atoms with van der Waals surface area (Å²) in [6.07, 6.45) is -1.01. The number of amides is 1. The zero-order chi connectivity index (χ0) is 24.7. The number of sulfonamides is 1. The lowest BCUT2D eigenvalue weighted by atomic mass is 9.86. The third-order valence-electron chi connectivity index (χ3n) is 5.97. The number of nitrogens with zero attached hydrogens (tertiary/aromatic N) is 1. The molecule has 1 amide bonds. The maximum Gasteiger partial charge on any atom is 0.267 e. The number of nitrogens with one attached hydrogen (secondary N) is 1. The second kappa shape index (κ2) is 8.80. The first kappa shape index (κ1) is 23.8. The van der Waals surface area contributed by atoms with E-state index in [0.29, 0.717) is 17.1 Å². The Morgan fingerprint density at radius 2 is 1.71 bits per heavy atom. The van der Waals surface area contributed by atoms with Gasteiger partial charge in [-0.25, -0.2) is 8.42 Å². The summed E-state index contributed by atoms with van der Waals surface area (Å²) >= 11 is 0. The van der Waals surface area contributed by atoms with E-state index in [0.717, 1.165) is 16.7 Å². The molecule has 3 aromatic carbocycles. The Labute approximate surface area is 201 Å². The highest BCUT2D eigenvalue weighted by Crippen LogP contribution is 2.40. The smallest absolute Gasteiger partial charge is 0.267 e. The minimum atomic E-state index is -3.92. The lowest BCUT2D eigenvalue weighted by Crippen LogP contribution is -2.49. The normalized spacial score (nSPS) is 15.9. The summed E-state index contributed by atoms with van der Waals surface area (Å²) in [6.45, 7) is 9.92. The molecule has 3 aromatic rings. The minimum Gasteiger partial charge on any atom is -0.476 e. The third-order valence-corrected chi connectivity index (χ3v) is 7.76. The molecule has 0 spiro atoms. The van der Waals surface area contributed by atoms with Gasteiger partial charge in [-0.15, -0.1) is 0 Å². The zero-order valence-corrected chi connectivity index (χ0v) is 20.9. The van der Waals surface area contributed by atoms with E-state index in [1.807, 2.05) is 44.2 Å². The monoisotopic (exact) mass is 478 g/mol. The minimum absolute atomic E-state index is 0.130. The number of carbonyl (C=O) groups is 1. The number of benzene rings is 3. The van der Waals surface area contributed by atoms with Crippen LogP contribution in [0.2, 0.25) is 0 Å². The van der Waals surface area contributed by atoms with E-state index < -0.39 is 22.0 Å². The van der Waals surface area contributed by atoms with E-state index in [2.05, 4.69) is 26.1 Å². The van der Waals surface area contributed by atoms with Crippen LogP contribution in [0.3, 0.4) is 0 Å². The summed E-state index contributed by atoms with van der Waals surface area (Å²) in [4.78, 5) is 13.4. The SMILES string of the molecule is Cc1ccc(C)c(NC(=O)[C@H]2CN(S(=O)(=O)c3ccccc3)c3cc(C(C)(C)C)ccc3O2)c1. The van der Waals surface area contributed by atoms with Crippen LogP contribution in [-0.4, -0.2) is 27.0 Å². The first-order chi connectivity index (χ1) is 16.0. The Morgan fingerprint density at radius 1 is 1.00 bits per heavy atom. The van der Waals surface area contributed by atoms with Crippen molar-refractivity contribution in [2.24, 2.45) is 0 Å². The van der Waals surface area contributed by atoms with Crippen molar-refractivity contribution >= 4 is 27.3 Å². The predicted molar refractivity (Wildman–Crippen MR) is 135 cm³/mol. The van der Waals surface area contributed by atoms with Crippen molar-refractivity contribution in [2.75, 3.05) is 16.2 Å². The van der Waals surface area contributed by atoms with Crippen molar-refractivity contribution < 1.29 is 17.9 Å². The number of ether oxygens (including phenoxy) is 1. The van der Waals surface area contributed by atoms with Gasteiger partial charge in [-0.05, 0) is 66.3 Å². The lowest BCUT2D eigenvalue weighted by molar-refractivity contribution is -0.122. The summed E-state index contributed by atoms with van der Waals surface area (Å²) in [6, 6.07) is 19.6. The highest BCUT2D eigenvalue weighted by atomic mass is 32.2. The fourth-order valence-electron chi connectivity index (χ4n) is 3.89. The van der Waals surface area contributed by atoms with Crippen LogP contribution < -0.4 is 14.4 Å². The molecule has 0 aromatic heterocycles. The maximum absolute atomic E-state index is 13.7. The molecule has 0 saturated carbocycles. The molecular formula is C27H30N2O4S. The lowest BCUT2D eigenvalue weighted by Gasteiger charge is -2.36. The summed E-state index contributed by atoms with van der Waals surface area (Å²) in [7, 11) is -3.92. The van der Waals surface area contributed by atoms with Crippen LogP contribution in [0.25, 0.3) is 0 Å². The Bertz CT molecular complexity index is 1330. The van der Waals surface area contributed by atoms with Gasteiger partial charge in [0.2, 0.25) is 0 Å². The van der Waals surface area contributed by atoms with E-state index in [1.54, 1.807) is 36.4 Å². The second-order valence-corrected chi connectivity index (χ2v) is 11.6. The van der Waals surface area contributed by atoms with E-state index in [1.165, 1.54) is 4.31 Å². The highest BCUT2D eigenvalue weighted by molar-refractivity contribution is 7.92. The quantitative estimate of drug-likeness (QED) is 0.560. The van der Waals surface area contributed by atoms with Crippen LogP contribution in [0.5, 0.6) is 5.75 Å². The molecule has 7 heteroatoms. The summed E-state index contributed by atoms with van der Waals surface area (Å²) in [5.74, 6) is -0.0348. The fraction of sp³-hybridized carbons (Fsp3) is 0.296. The van der Waals surface area contributed by atoms with Gasteiger partial charge in [-0.2, -0.15) is 0 Å². The van der Waals surface area contributed by atoms with Crippen LogP contribution in [0.15, 0.2) is 71.6 Å². The molecule has 178 valence electrons. The number of hydrogen-bond donors (Lipinski definition) is 1. The predicted octanol–water partition coefficient (Wildman–Crippen LogP) is 5.20. The standard InChI is InChI=1S/C27H30N2O4S/c1-18-11-12-19(2)22(15-18)28-26(30)25-17-29(34(31,32)21-9-7-6-8-10-21)23-16-20(27(3,4)5)13-14-24(23)33-25/h6-16,25H,17H2,1-5H3,(H,28,30)/t25-/m1/s1. The second-order valence-electron chi connectivity index (χ2n) is 9.70. The Morgan fingerprint density at radius 3 is 2.38 bits per heavy atom. The first-order valence-electron chi connectivity index (χ1n) is 11.2. The van der Waals surface area contributed by atoms with E-state index in [4.69, 9.17) is 4.74 Å². The first-order valence-corrected chi connectivity index (χ1v) is 12.7. The summed E-state index contributed by atoms with van der Waals surface area (Å²) < 4.78 is 34.7. The molecule has 1 heterocycles. The van der Waals surface area contributed by atoms with Crippen molar-refractivity contribution in [3.05, 3.63) is 83.4 Å². The molecule has 1 aliphatic heterocycles. The molecule has 0 aliphatic carbocycles. The molecule has 0 unspecified atom stereocenters. The van der Waals surface area contributed by atoms with Gasteiger partial charge in [0.05, 0.1) is 17.1 Å². The number of fused-ring (bicyclic) bond motifs is 1. The topological polar surface area (TPSA) is 75.7 Å². The number of carbonyl (C=O) groups excluding carboxylic acids is 1. The van der Waals surface area contributed by atoms with E-state index in [9.17, 15) is 13.2 Å². The van der Waals surface area contributed by atoms with E-state index >= 15 is 0 Å². The van der Waals surface area contributed by atoms with Gasteiger partial charge in [0.15, 0.2) is 6.10 Å². The molecule has 1 N–H and O–H groups in total. The maximum atomic E-state index is 13.7. The molecule has 0 radical (unpaired) electrons. The van der Waals surface area contributed by atoms with Crippen LogP contribution >= 0.6 is 0 Å². The molecular weight excluding hydrogens is 448 g/mol. The number of rotatable bonds is 4. The third kappa shape index (κ3) is 4.66. The van der Waals surface area contributed by atoms with Gasteiger partial charge in [0, 0.05) is 5.69 Å². The van der Waals surface area contributed by atoms with Crippen molar-refractivity contribution in [1.29, 1.82) is 0 Å². The van der Waals surface area contributed by atoms with Gasteiger partial charge in [0.1, 0.15) is 5.75 Å². The molecule has 0 bridgehead atoms. The average Bonchev–Trinajstić information content (AvgIpc) is 2.80. The van der Waals surface area contributed by atoms with Gasteiger partial charge >= 0.3 is 0 Å². The summed E-state index contributed by atoms with van der Waals surface area (Å²) in [5.41, 5.74) is 3.83. The van der Waals surface area contributed by atoms with Crippen LogP contribution in [0.4, 0.5) is 11.4 Å². The van der Waals surface area contributed by atoms with Crippen molar-refractivity contribution in [1.82, 2.24) is 0 Å². The number of aryl methyl sites for hydroxylation is 2. The molecule has 0 saturated heterocycles. The van der Waals surface area contributed by atoms with Crippen molar-refractivity contribution in [2.45, 2.75) is 51.0 Å². The molecule has 4 rings (SSSR count). The van der Waals surface area contributed by atoms with Crippen molar-refractivity contribution in [3.8, 4) is 5.75 Å². The molecule has 34 heavy (non-hydrogen) atoms. The largest absolute Gasteiger partial charge is 0.476 e. The molecule has 6 nitrogen and oxygen atoms in total. The van der Waals surface area contributed by atoms with Gasteiger partial charge < -0.3 is 10.1 Å². The van der Waals surface area contributed by atoms with Crippen LogP contribution in [0.1, 0.15) is 37.5 Å². The number of anilines is 2. The fourth-order valence-corrected chi connectivity index (χ4v) is 5.37. The average molecular weight is 479 g/mol. The highest BCUT2D eigenvalue weighted by Gasteiger charge is 2.38. The van der Waals surface area contributed by atoms with Crippen LogP contribution in [0, 0.1) is 13.8 Å². The Hall–Kier alpha value is -3.32.